The third kappa shape index (κ3) is 4.62. The Morgan fingerprint density at radius 1 is 1.22 bits per heavy atom. The molecule has 0 unspecified atom stereocenters. The fourth-order valence-electron chi connectivity index (χ4n) is 2.85. The molecule has 0 radical (unpaired) electrons. The molecular weight excluding hydrogens is 347 g/mol. The zero-order valence-corrected chi connectivity index (χ0v) is 15.5. The Kier molecular flexibility index (Phi) is 6.03. The van der Waals surface area contributed by atoms with Gasteiger partial charge in [-0.05, 0) is 49.5 Å². The van der Waals surface area contributed by atoms with Crippen LogP contribution < -0.4 is 10.1 Å². The summed E-state index contributed by atoms with van der Waals surface area (Å²) >= 11 is 0. The fraction of sp³-hybridized carbons (Fsp3) is 0.300. The summed E-state index contributed by atoms with van der Waals surface area (Å²) in [6, 6.07) is 9.60. The SMILES string of the molecule is CCN(CC)CCOc1ccc(NC(=O)c2cc(F)cc3[nH]cnc23)cc1. The van der Waals surface area contributed by atoms with Crippen molar-refractivity contribution in [2.45, 2.75) is 13.8 Å². The lowest BCUT2D eigenvalue weighted by Crippen LogP contribution is -2.27. The Morgan fingerprint density at radius 3 is 2.67 bits per heavy atom. The molecule has 3 rings (SSSR count). The number of ether oxygens (including phenoxy) is 1. The summed E-state index contributed by atoms with van der Waals surface area (Å²) in [5, 5.41) is 2.76. The molecule has 0 bridgehead atoms. The molecule has 0 aliphatic carbocycles. The van der Waals surface area contributed by atoms with Crippen molar-refractivity contribution in [1.82, 2.24) is 14.9 Å². The molecule has 0 aliphatic rings. The number of likely N-dealkylation sites (N-methyl/N-ethyl adjacent to an activating group) is 1. The Hall–Kier alpha value is -2.93. The first kappa shape index (κ1) is 18.8. The standard InChI is InChI=1S/C20H23FN4O2/c1-3-25(4-2)9-10-27-16-7-5-15(6-8-16)24-20(26)17-11-14(21)12-18-19(17)23-13-22-18/h5-8,11-13H,3-4,9-10H2,1-2H3,(H,22,23)(H,24,26). The van der Waals surface area contributed by atoms with E-state index >= 15 is 0 Å². The van der Waals surface area contributed by atoms with Crippen LogP contribution in [0.25, 0.3) is 11.0 Å². The number of carbonyl (C=O) groups is 1. The number of benzene rings is 2. The van der Waals surface area contributed by atoms with Gasteiger partial charge in [0, 0.05) is 12.2 Å². The van der Waals surface area contributed by atoms with E-state index in [2.05, 4.69) is 34.0 Å². The minimum absolute atomic E-state index is 0.186. The Morgan fingerprint density at radius 2 is 1.96 bits per heavy atom. The molecular formula is C20H23FN4O2. The third-order valence-electron chi connectivity index (χ3n) is 4.42. The van der Waals surface area contributed by atoms with Gasteiger partial charge in [0.1, 0.15) is 23.7 Å². The maximum atomic E-state index is 13.7. The van der Waals surface area contributed by atoms with E-state index in [1.54, 1.807) is 24.3 Å². The molecule has 3 aromatic rings. The Balaban J connectivity index is 1.62. The van der Waals surface area contributed by atoms with E-state index in [0.29, 0.717) is 23.3 Å². The van der Waals surface area contributed by atoms with Gasteiger partial charge in [-0.25, -0.2) is 9.37 Å². The summed E-state index contributed by atoms with van der Waals surface area (Å²) < 4.78 is 19.4. The molecule has 142 valence electrons. The van der Waals surface area contributed by atoms with Gasteiger partial charge in [0.25, 0.3) is 5.91 Å². The molecule has 2 aromatic carbocycles. The molecule has 7 heteroatoms. The number of aromatic amines is 1. The van der Waals surface area contributed by atoms with E-state index in [1.165, 1.54) is 18.5 Å². The first-order valence-electron chi connectivity index (χ1n) is 9.00. The molecule has 6 nitrogen and oxygen atoms in total. The Bertz CT molecular complexity index is 904. The number of carbonyl (C=O) groups excluding carboxylic acids is 1. The number of imidazole rings is 1. The van der Waals surface area contributed by atoms with Crippen molar-refractivity contribution >= 4 is 22.6 Å². The normalized spacial score (nSPS) is 11.1. The van der Waals surface area contributed by atoms with Crippen molar-refractivity contribution in [3.05, 3.63) is 54.1 Å². The lowest BCUT2D eigenvalue weighted by Gasteiger charge is -2.18. The van der Waals surface area contributed by atoms with Crippen molar-refractivity contribution in [3.63, 3.8) is 0 Å². The summed E-state index contributed by atoms with van der Waals surface area (Å²) in [6.45, 7) is 7.70. The van der Waals surface area contributed by atoms with Crippen molar-refractivity contribution in [2.24, 2.45) is 0 Å². The lowest BCUT2D eigenvalue weighted by molar-refractivity contribution is 0.102. The molecule has 0 saturated heterocycles. The van der Waals surface area contributed by atoms with Crippen molar-refractivity contribution in [3.8, 4) is 5.75 Å². The number of fused-ring (bicyclic) bond motifs is 1. The van der Waals surface area contributed by atoms with Crippen LogP contribution in [0, 0.1) is 5.82 Å². The zero-order chi connectivity index (χ0) is 19.2. The lowest BCUT2D eigenvalue weighted by atomic mass is 10.1. The number of nitrogens with zero attached hydrogens (tertiary/aromatic N) is 2. The number of aromatic nitrogens is 2. The topological polar surface area (TPSA) is 70.2 Å². The second-order valence-electron chi connectivity index (χ2n) is 6.11. The molecule has 0 fully saturated rings. The van der Waals surface area contributed by atoms with E-state index < -0.39 is 11.7 Å². The van der Waals surface area contributed by atoms with Crippen LogP contribution in [-0.4, -0.2) is 47.0 Å². The highest BCUT2D eigenvalue weighted by Crippen LogP contribution is 2.20. The first-order valence-corrected chi connectivity index (χ1v) is 9.00. The van der Waals surface area contributed by atoms with Gasteiger partial charge in [-0.3, -0.25) is 4.79 Å². The van der Waals surface area contributed by atoms with Gasteiger partial charge in [-0.1, -0.05) is 13.8 Å². The number of amides is 1. The molecule has 0 saturated carbocycles. The van der Waals surface area contributed by atoms with Crippen LogP contribution in [0.1, 0.15) is 24.2 Å². The van der Waals surface area contributed by atoms with Crippen molar-refractivity contribution in [2.75, 3.05) is 31.6 Å². The van der Waals surface area contributed by atoms with E-state index in [0.717, 1.165) is 25.4 Å². The van der Waals surface area contributed by atoms with Crippen LogP contribution >= 0.6 is 0 Å². The van der Waals surface area contributed by atoms with Gasteiger partial charge in [0.05, 0.1) is 17.4 Å². The molecule has 0 spiro atoms. The van der Waals surface area contributed by atoms with Gasteiger partial charge in [0.15, 0.2) is 0 Å². The number of halogens is 1. The number of H-pyrrole nitrogens is 1. The summed E-state index contributed by atoms with van der Waals surface area (Å²) in [6.07, 6.45) is 1.44. The summed E-state index contributed by atoms with van der Waals surface area (Å²) in [5.41, 5.74) is 1.71. The van der Waals surface area contributed by atoms with Crippen LogP contribution in [0.2, 0.25) is 0 Å². The molecule has 27 heavy (non-hydrogen) atoms. The maximum absolute atomic E-state index is 13.7. The number of hydrogen-bond donors (Lipinski definition) is 2. The average Bonchev–Trinajstić information content (AvgIpc) is 3.14. The van der Waals surface area contributed by atoms with Gasteiger partial charge in [-0.15, -0.1) is 0 Å². The van der Waals surface area contributed by atoms with Crippen LogP contribution in [0.15, 0.2) is 42.7 Å². The highest BCUT2D eigenvalue weighted by molar-refractivity contribution is 6.11. The van der Waals surface area contributed by atoms with Crippen molar-refractivity contribution < 1.29 is 13.9 Å². The van der Waals surface area contributed by atoms with Crippen molar-refractivity contribution in [1.29, 1.82) is 0 Å². The molecule has 0 aliphatic heterocycles. The second kappa shape index (κ2) is 8.64. The van der Waals surface area contributed by atoms with Crippen LogP contribution in [0.5, 0.6) is 5.75 Å². The van der Waals surface area contributed by atoms with E-state index in [4.69, 9.17) is 4.74 Å². The third-order valence-corrected chi connectivity index (χ3v) is 4.42. The second-order valence-corrected chi connectivity index (χ2v) is 6.11. The molecule has 0 atom stereocenters. The predicted molar refractivity (Wildman–Crippen MR) is 104 cm³/mol. The summed E-state index contributed by atoms with van der Waals surface area (Å²) in [4.78, 5) is 21.7. The van der Waals surface area contributed by atoms with Gasteiger partial charge < -0.3 is 19.9 Å². The number of hydrogen-bond acceptors (Lipinski definition) is 4. The molecule has 1 heterocycles. The minimum Gasteiger partial charge on any atom is -0.492 e. The first-order chi connectivity index (χ1) is 13.1. The van der Waals surface area contributed by atoms with E-state index in [9.17, 15) is 9.18 Å². The fourth-order valence-corrected chi connectivity index (χ4v) is 2.85. The molecule has 2 N–H and O–H groups in total. The monoisotopic (exact) mass is 370 g/mol. The Labute approximate surface area is 157 Å². The van der Waals surface area contributed by atoms with Gasteiger partial charge in [0.2, 0.25) is 0 Å². The van der Waals surface area contributed by atoms with E-state index in [1.807, 2.05) is 0 Å². The summed E-state index contributed by atoms with van der Waals surface area (Å²) in [7, 11) is 0. The number of anilines is 1. The van der Waals surface area contributed by atoms with Gasteiger partial charge >= 0.3 is 0 Å². The molecule has 1 amide bonds. The van der Waals surface area contributed by atoms with Crippen LogP contribution in [0.3, 0.4) is 0 Å². The summed E-state index contributed by atoms with van der Waals surface area (Å²) in [5.74, 6) is -0.170. The van der Waals surface area contributed by atoms with Crippen LogP contribution in [0.4, 0.5) is 10.1 Å². The van der Waals surface area contributed by atoms with E-state index in [-0.39, 0.29) is 5.56 Å². The zero-order valence-electron chi connectivity index (χ0n) is 15.5. The number of rotatable bonds is 8. The quantitative estimate of drug-likeness (QED) is 0.635. The highest BCUT2D eigenvalue weighted by atomic mass is 19.1. The smallest absolute Gasteiger partial charge is 0.258 e. The maximum Gasteiger partial charge on any atom is 0.258 e. The minimum atomic E-state index is -0.492. The predicted octanol–water partition coefficient (Wildman–Crippen LogP) is 3.67. The molecule has 1 aromatic heterocycles. The average molecular weight is 370 g/mol. The number of nitrogens with one attached hydrogen (secondary N) is 2. The largest absolute Gasteiger partial charge is 0.492 e. The van der Waals surface area contributed by atoms with Gasteiger partial charge in [-0.2, -0.15) is 0 Å². The highest BCUT2D eigenvalue weighted by Gasteiger charge is 2.14. The van der Waals surface area contributed by atoms with Crippen LogP contribution in [-0.2, 0) is 0 Å².